The summed E-state index contributed by atoms with van der Waals surface area (Å²) >= 11 is 0. The normalized spacial score (nSPS) is 16.4. The molecule has 2 N–H and O–H groups in total. The van der Waals surface area contributed by atoms with Gasteiger partial charge in [0.05, 0.1) is 11.0 Å². The number of amidine groups is 1. The second-order valence-corrected chi connectivity index (χ2v) is 13.2. The molecular weight excluding hydrogens is 629 g/mol. The Morgan fingerprint density at radius 3 is 2.04 bits per heavy atom. The van der Waals surface area contributed by atoms with Crippen LogP contribution < -0.4 is 10.6 Å². The van der Waals surface area contributed by atoms with E-state index in [1.54, 1.807) is 0 Å². The Balaban J connectivity index is 1.09. The Morgan fingerprint density at radius 1 is 0.490 bits per heavy atom. The molecule has 2 unspecified atom stereocenters. The number of furan rings is 2. The lowest BCUT2D eigenvalue weighted by molar-refractivity contribution is 0.409. The molecule has 0 amide bonds. The van der Waals surface area contributed by atoms with Gasteiger partial charge in [-0.3, -0.25) is 5.32 Å². The van der Waals surface area contributed by atoms with Crippen molar-refractivity contribution in [2.45, 2.75) is 12.3 Å². The molecule has 0 saturated carbocycles. The van der Waals surface area contributed by atoms with Gasteiger partial charge >= 0.3 is 0 Å². The molecule has 242 valence electrons. The zero-order chi connectivity index (χ0) is 33.5. The molecule has 0 radical (unpaired) electrons. The predicted molar refractivity (Wildman–Crippen MR) is 207 cm³/mol. The molecule has 1 aliphatic rings. The second-order valence-electron chi connectivity index (χ2n) is 13.2. The maximum absolute atomic E-state index is 6.66. The summed E-state index contributed by atoms with van der Waals surface area (Å²) in [5, 5.41) is 14.2. The van der Waals surface area contributed by atoms with E-state index in [4.69, 9.17) is 13.8 Å². The fraction of sp³-hybridized carbons (Fsp3) is 0.0444. The van der Waals surface area contributed by atoms with Gasteiger partial charge in [0.2, 0.25) is 0 Å². The van der Waals surface area contributed by atoms with Crippen LogP contribution in [0.25, 0.3) is 71.4 Å². The third-order valence-electron chi connectivity index (χ3n) is 10.3. The molecule has 11 rings (SSSR count). The topological polar surface area (TPSA) is 67.6 Å². The minimum absolute atomic E-state index is 0.127. The van der Waals surface area contributed by atoms with Crippen LogP contribution in [0.1, 0.15) is 29.0 Å². The monoisotopic (exact) mass is 658 g/mol. The van der Waals surface area contributed by atoms with E-state index in [0.717, 1.165) is 83.1 Å². The molecule has 7 aromatic carbocycles. The van der Waals surface area contributed by atoms with Gasteiger partial charge in [0.25, 0.3) is 0 Å². The van der Waals surface area contributed by atoms with Gasteiger partial charge in [0, 0.05) is 49.6 Å². The first-order valence-electron chi connectivity index (χ1n) is 17.3. The maximum atomic E-state index is 6.66. The molecule has 51 heavy (non-hydrogen) atoms. The number of aliphatic imine (C=N–C) groups is 1. The van der Waals surface area contributed by atoms with Gasteiger partial charge in [0.1, 0.15) is 40.5 Å². The van der Waals surface area contributed by atoms with Gasteiger partial charge < -0.3 is 18.7 Å². The van der Waals surface area contributed by atoms with Crippen molar-refractivity contribution in [3.63, 3.8) is 0 Å². The number of fused-ring (bicyclic) bond motifs is 10. The number of hydrogen-bond donors (Lipinski definition) is 2. The molecule has 3 aromatic heterocycles. The molecular formula is C45H30N4O2. The number of nitrogens with one attached hydrogen (secondary N) is 2. The molecule has 4 heterocycles. The maximum Gasteiger partial charge on any atom is 0.137 e. The number of aromatic nitrogens is 1. The summed E-state index contributed by atoms with van der Waals surface area (Å²) in [5.74, 6) is 0.826. The van der Waals surface area contributed by atoms with Gasteiger partial charge in [-0.1, -0.05) is 109 Å². The Kier molecular flexibility index (Phi) is 6.05. The molecule has 2 atom stereocenters. The van der Waals surface area contributed by atoms with E-state index >= 15 is 0 Å². The van der Waals surface area contributed by atoms with Crippen LogP contribution in [0.4, 0.5) is 0 Å². The molecule has 0 aliphatic carbocycles. The third-order valence-corrected chi connectivity index (χ3v) is 10.3. The molecule has 6 nitrogen and oxygen atoms in total. The summed E-state index contributed by atoms with van der Waals surface area (Å²) < 4.78 is 15.3. The number of nitrogens with zero attached hydrogens (tertiary/aromatic N) is 2. The van der Waals surface area contributed by atoms with Gasteiger partial charge in [-0.25, -0.2) is 4.99 Å². The van der Waals surface area contributed by atoms with Crippen LogP contribution in [-0.4, -0.2) is 10.4 Å². The van der Waals surface area contributed by atoms with E-state index in [1.165, 1.54) is 10.8 Å². The van der Waals surface area contributed by atoms with Crippen LogP contribution in [0.5, 0.6) is 0 Å². The fourth-order valence-electron chi connectivity index (χ4n) is 8.02. The van der Waals surface area contributed by atoms with Crippen molar-refractivity contribution >= 4 is 71.5 Å². The summed E-state index contributed by atoms with van der Waals surface area (Å²) in [7, 11) is 0. The van der Waals surface area contributed by atoms with Gasteiger partial charge in [-0.15, -0.1) is 0 Å². The lowest BCUT2D eigenvalue weighted by Crippen LogP contribution is -2.45. The summed E-state index contributed by atoms with van der Waals surface area (Å²) in [4.78, 5) is 5.24. The minimum atomic E-state index is -0.221. The fourth-order valence-corrected chi connectivity index (χ4v) is 8.02. The lowest BCUT2D eigenvalue weighted by Gasteiger charge is -2.32. The summed E-state index contributed by atoms with van der Waals surface area (Å²) in [6.45, 7) is 0. The van der Waals surface area contributed by atoms with Crippen LogP contribution in [0.2, 0.25) is 0 Å². The zero-order valence-corrected chi connectivity index (χ0v) is 27.4. The Morgan fingerprint density at radius 2 is 1.18 bits per heavy atom. The van der Waals surface area contributed by atoms with Crippen molar-refractivity contribution in [1.29, 1.82) is 0 Å². The zero-order valence-electron chi connectivity index (χ0n) is 27.4. The van der Waals surface area contributed by atoms with Crippen LogP contribution >= 0.6 is 0 Å². The van der Waals surface area contributed by atoms with Crippen molar-refractivity contribution in [2.24, 2.45) is 4.99 Å². The van der Waals surface area contributed by atoms with Crippen molar-refractivity contribution < 1.29 is 8.83 Å². The van der Waals surface area contributed by atoms with E-state index < -0.39 is 0 Å². The second kappa shape index (κ2) is 10.9. The summed E-state index contributed by atoms with van der Waals surface area (Å²) in [6.07, 6.45) is -0.347. The highest BCUT2D eigenvalue weighted by Gasteiger charge is 2.27. The van der Waals surface area contributed by atoms with E-state index in [2.05, 4.69) is 143 Å². The molecule has 0 saturated heterocycles. The van der Waals surface area contributed by atoms with Gasteiger partial charge in [0.15, 0.2) is 0 Å². The number of rotatable bonds is 4. The quantitative estimate of drug-likeness (QED) is 0.197. The highest BCUT2D eigenvalue weighted by molar-refractivity contribution is 6.27. The standard InChI is InChI=1S/C45H30N4O2/c1-3-12-27(13-4-1)43-46-44(28-14-5-2-6-15-28)48-45(47-43)33-18-11-21-37-40(33)32-23-22-29(26-39(32)51-37)49-34-19-9-7-16-30(34)41-35(49)24-25-38-42(41)31-17-8-10-20-36(31)50-38/h1-26,43-44,46H,(H,47,48). The summed E-state index contributed by atoms with van der Waals surface area (Å²) in [6, 6.07) is 54.8. The van der Waals surface area contributed by atoms with Crippen molar-refractivity contribution in [1.82, 2.24) is 15.2 Å². The largest absolute Gasteiger partial charge is 0.456 e. The van der Waals surface area contributed by atoms with Crippen LogP contribution in [0.3, 0.4) is 0 Å². The first-order valence-corrected chi connectivity index (χ1v) is 17.3. The van der Waals surface area contributed by atoms with E-state index in [1.807, 2.05) is 30.3 Å². The highest BCUT2D eigenvalue weighted by atomic mass is 16.3. The van der Waals surface area contributed by atoms with Crippen molar-refractivity contribution in [2.75, 3.05) is 0 Å². The number of benzene rings is 7. The Labute approximate surface area is 292 Å². The lowest BCUT2D eigenvalue weighted by atomic mass is 10.0. The van der Waals surface area contributed by atoms with Crippen LogP contribution in [0.15, 0.2) is 172 Å². The first-order chi connectivity index (χ1) is 25.3. The van der Waals surface area contributed by atoms with Gasteiger partial charge in [-0.2, -0.15) is 0 Å². The van der Waals surface area contributed by atoms with Crippen molar-refractivity contribution in [3.05, 3.63) is 174 Å². The smallest absolute Gasteiger partial charge is 0.137 e. The molecule has 6 heteroatoms. The SMILES string of the molecule is c1ccc(C2N=C(c3cccc4oc5cc(-n6c7ccccc7c7c8c(ccc76)oc6ccccc68)ccc5c34)NC(c3ccccc3)N2)cc1. The summed E-state index contributed by atoms with van der Waals surface area (Å²) in [5.41, 5.74) is 9.99. The Bertz CT molecular complexity index is 2990. The van der Waals surface area contributed by atoms with E-state index in [9.17, 15) is 0 Å². The first kappa shape index (κ1) is 28.2. The predicted octanol–water partition coefficient (Wildman–Crippen LogP) is 10.9. The average molecular weight is 659 g/mol. The number of para-hydroxylation sites is 2. The van der Waals surface area contributed by atoms with Crippen LogP contribution in [-0.2, 0) is 0 Å². The molecule has 10 aromatic rings. The molecule has 1 aliphatic heterocycles. The molecule has 0 spiro atoms. The van der Waals surface area contributed by atoms with Gasteiger partial charge in [-0.05, 0) is 53.6 Å². The average Bonchev–Trinajstić information content (AvgIpc) is 3.87. The Hall–Kier alpha value is -6.63. The molecule has 0 bridgehead atoms. The highest BCUT2D eigenvalue weighted by Crippen LogP contribution is 2.42. The minimum Gasteiger partial charge on any atom is -0.456 e. The van der Waals surface area contributed by atoms with Crippen LogP contribution in [0, 0.1) is 0 Å². The van der Waals surface area contributed by atoms with E-state index in [-0.39, 0.29) is 12.3 Å². The number of hydrogen-bond acceptors (Lipinski definition) is 5. The van der Waals surface area contributed by atoms with Crippen molar-refractivity contribution in [3.8, 4) is 5.69 Å². The molecule has 0 fully saturated rings. The van der Waals surface area contributed by atoms with E-state index in [0.29, 0.717) is 0 Å². The third kappa shape index (κ3) is 4.30.